The second kappa shape index (κ2) is 52.4. The Balaban J connectivity index is 10.6. The van der Waals surface area contributed by atoms with E-state index in [0.29, 0.717) is 0 Å². The van der Waals surface area contributed by atoms with Crippen LogP contribution in [0.25, 0.3) is 0 Å². The fraction of sp³-hybridized carbons (Fsp3) is 0.889. The van der Waals surface area contributed by atoms with Crippen LogP contribution in [0.4, 0.5) is 0 Å². The summed E-state index contributed by atoms with van der Waals surface area (Å²) in [4.78, 5) is 159. The quantitative estimate of drug-likeness (QED) is 0.0179. The summed E-state index contributed by atoms with van der Waals surface area (Å²) in [6.07, 6.45) is -4.91. The van der Waals surface area contributed by atoms with Gasteiger partial charge in [0.25, 0.3) is 0 Å². The number of hydrogen-bond donors (Lipinski definition) is 0. The monoisotopic (exact) mass is 2100 g/mol. The molecule has 0 heterocycles. The summed E-state index contributed by atoms with van der Waals surface area (Å²) in [6.45, 7) is 73.4. The van der Waals surface area contributed by atoms with Crippen molar-refractivity contribution in [2.75, 3.05) is 132 Å². The number of carbonyl (C=O) groups excluding carboxylic acids is 10. The normalized spacial score (nSPS) is 17.3. The van der Waals surface area contributed by atoms with Gasteiger partial charge in [-0.1, -0.05) is 15.9 Å². The molecule has 0 rings (SSSR count). The van der Waals surface area contributed by atoms with Crippen molar-refractivity contribution in [3.8, 4) is 0 Å². The zero-order valence-corrected chi connectivity index (χ0v) is 101. The van der Waals surface area contributed by atoms with Crippen molar-refractivity contribution in [1.29, 1.82) is 0 Å². The summed E-state index contributed by atoms with van der Waals surface area (Å²) in [5, 5.41) is 0. The van der Waals surface area contributed by atoms with Crippen molar-refractivity contribution < 1.29 is 140 Å². The Kier molecular flexibility index (Phi) is 51.2. The Hall–Kier alpha value is -3.05. The Labute approximate surface area is 808 Å². The maximum absolute atomic E-state index is 16.6. The highest BCUT2D eigenvalue weighted by atomic mass is 79.9. The summed E-state index contributed by atoms with van der Waals surface area (Å²) in [6, 6.07) is 0. The van der Waals surface area contributed by atoms with Crippen LogP contribution >= 0.6 is 15.9 Å². The molecule has 0 fully saturated rings. The predicted octanol–water partition coefficient (Wildman–Crippen LogP) is 18.7. The molecule has 41 heteroatoms. The van der Waals surface area contributed by atoms with Crippen LogP contribution in [0.3, 0.4) is 0 Å². The Bertz CT molecular complexity index is 3380. The van der Waals surface area contributed by atoms with Crippen LogP contribution in [0.2, 0.25) is 196 Å². The van der Waals surface area contributed by atoms with E-state index in [-0.39, 0.29) is 145 Å². The summed E-state index contributed by atoms with van der Waals surface area (Å²) in [7, 11) is -22.4. The topological polar surface area (TPSA) is 355 Å². The fourth-order valence-corrected chi connectivity index (χ4v) is 23.8. The molecule has 9 atom stereocenters. The molecule has 30 nitrogen and oxygen atoms in total. The van der Waals surface area contributed by atoms with Gasteiger partial charge in [-0.15, -0.1) is 0 Å². The van der Waals surface area contributed by atoms with Crippen molar-refractivity contribution in [3.05, 3.63) is 0 Å². The lowest BCUT2D eigenvalue weighted by Gasteiger charge is -2.47. The lowest BCUT2D eigenvalue weighted by atomic mass is 9.56. The van der Waals surface area contributed by atoms with E-state index in [2.05, 4.69) is 15.9 Å². The first-order valence-electron chi connectivity index (χ1n) is 46.5. The standard InChI is InChI=1S/C90H181BrO30Si10/c1-81(2,71(92)102-42-52-112-122(12,13)14)62-82(3,72(93)103-43-53-113-123(15,16)17)63-83(4,73(94)104-44-54-114-124(18,19)20)64-84(5,74(95)105-45-55-115-125(21,22)23)65-85(6,75(96)106-46-56-116-126(24,25)26)66-86(7,76(97)107-47-57-117-127(27,28)29)67-87(8,77(98)108-48-58-118-128(30,31)32)68-88(9,78(99)109-49-59-119-129(33,34)35)69-89(10,79(100)110-50-60-120-130(36,37)38)70-90(11,91)80(101)111-51-61-121-131(39,40)41/h42-70H2,1-41H3. The molecule has 0 aromatic carbocycles. The second-order valence-corrected chi connectivity index (χ2v) is 95.0. The summed E-state index contributed by atoms with van der Waals surface area (Å²) in [5.74, 6) is -8.87. The number of halogens is 1. The van der Waals surface area contributed by atoms with Crippen molar-refractivity contribution in [1.82, 2.24) is 0 Å². The van der Waals surface area contributed by atoms with Gasteiger partial charge in [-0.3, -0.25) is 47.9 Å². The molecule has 0 bridgehead atoms. The SMILES string of the molecule is CC(C)(CC(C)(CC(C)(CC(C)(CC(C)(CC(C)(CC(C)(CC(C)(CC(C)(CC(C)(Br)C(=O)OCCO[Si](C)(C)C)C(=O)OCCO[Si](C)(C)C)C(=O)OCCO[Si](C)(C)C)C(=O)OCCO[Si](C)(C)C)C(=O)OCCO[Si](C)(C)C)C(=O)OCCO[Si](C)(C)C)C(=O)OCCO[Si](C)(C)C)C(=O)OCCO[Si](C)(C)C)C(=O)OCCO[Si](C)(C)C)C(=O)OCCO[Si](C)(C)C. The highest BCUT2D eigenvalue weighted by molar-refractivity contribution is 9.10. The van der Waals surface area contributed by atoms with Crippen LogP contribution < -0.4 is 0 Å². The van der Waals surface area contributed by atoms with Crippen LogP contribution in [0.1, 0.15) is 134 Å². The van der Waals surface area contributed by atoms with Crippen molar-refractivity contribution in [3.63, 3.8) is 0 Å². The van der Waals surface area contributed by atoms with Crippen LogP contribution in [0.15, 0.2) is 0 Å². The van der Waals surface area contributed by atoms with Gasteiger partial charge in [-0.25, -0.2) is 0 Å². The molecule has 0 aliphatic rings. The van der Waals surface area contributed by atoms with E-state index >= 15 is 38.4 Å². The third-order valence-corrected chi connectivity index (χ3v) is 31.8. The molecular formula is C90H181BrO30Si10. The third kappa shape index (κ3) is 54.4. The average molecular weight is 2100 g/mol. The predicted molar refractivity (Wildman–Crippen MR) is 540 cm³/mol. The van der Waals surface area contributed by atoms with Gasteiger partial charge in [-0.2, -0.15) is 0 Å². The molecule has 0 aliphatic heterocycles. The molecule has 0 spiro atoms. The maximum atomic E-state index is 16.6. The van der Waals surface area contributed by atoms with Gasteiger partial charge in [0.15, 0.2) is 83.2 Å². The minimum absolute atomic E-state index is 0.00967. The highest BCUT2D eigenvalue weighted by Gasteiger charge is 2.62. The van der Waals surface area contributed by atoms with E-state index in [1.165, 1.54) is 48.5 Å². The Morgan fingerprint density at radius 1 is 0.160 bits per heavy atom. The molecule has 0 radical (unpaired) electrons. The number of esters is 10. The van der Waals surface area contributed by atoms with Crippen LogP contribution in [0, 0.1) is 48.7 Å². The van der Waals surface area contributed by atoms with Crippen molar-refractivity contribution in [2.24, 2.45) is 48.7 Å². The van der Waals surface area contributed by atoms with Gasteiger partial charge in [0, 0.05) is 0 Å². The largest absolute Gasteiger partial charge is 0.463 e. The number of hydrogen-bond acceptors (Lipinski definition) is 30. The molecule has 0 aromatic heterocycles. The zero-order valence-electron chi connectivity index (χ0n) is 89.1. The first-order valence-corrected chi connectivity index (χ1v) is 81.3. The lowest BCUT2D eigenvalue weighted by molar-refractivity contribution is -0.178. The maximum Gasteiger partial charge on any atom is 0.322 e. The molecule has 9 unspecified atom stereocenters. The molecule has 0 aromatic rings. The van der Waals surface area contributed by atoms with E-state index in [0.717, 1.165) is 0 Å². The van der Waals surface area contributed by atoms with Gasteiger partial charge in [0.05, 0.1) is 115 Å². The van der Waals surface area contributed by atoms with Gasteiger partial charge in [-0.05, 0) is 330 Å². The molecule has 768 valence electrons. The van der Waals surface area contributed by atoms with E-state index < -0.39 is 241 Å². The van der Waals surface area contributed by atoms with E-state index in [1.54, 1.807) is 27.7 Å². The fourth-order valence-electron chi connectivity index (χ4n) is 16.1. The van der Waals surface area contributed by atoms with Gasteiger partial charge >= 0.3 is 59.7 Å². The Morgan fingerprint density at radius 3 is 0.397 bits per heavy atom. The Morgan fingerprint density at radius 2 is 0.267 bits per heavy atom. The van der Waals surface area contributed by atoms with Gasteiger partial charge in [0.2, 0.25) is 0 Å². The van der Waals surface area contributed by atoms with E-state index in [4.69, 9.17) is 91.6 Å². The molecule has 131 heavy (non-hydrogen) atoms. The highest BCUT2D eigenvalue weighted by Crippen LogP contribution is 2.57. The van der Waals surface area contributed by atoms with Gasteiger partial charge < -0.3 is 91.6 Å². The number of carbonyl (C=O) groups is 10. The smallest absolute Gasteiger partial charge is 0.322 e. The van der Waals surface area contributed by atoms with E-state index in [9.17, 15) is 9.59 Å². The number of ether oxygens (including phenoxy) is 10. The summed E-state index contributed by atoms with van der Waals surface area (Å²) < 4.78 is 123. The minimum atomic E-state index is -2.34. The zero-order chi connectivity index (χ0) is 102. The molecule has 0 saturated heterocycles. The first-order chi connectivity index (χ1) is 58.6. The summed E-state index contributed by atoms with van der Waals surface area (Å²) in [5.41, 5.74) is -18.0. The second-order valence-electron chi connectivity index (χ2n) is 48.1. The van der Waals surface area contributed by atoms with Crippen LogP contribution in [-0.2, 0) is 140 Å². The van der Waals surface area contributed by atoms with Crippen LogP contribution in [-0.4, -0.2) is 279 Å². The third-order valence-electron chi connectivity index (χ3n) is 20.5. The molecule has 0 amide bonds. The van der Waals surface area contributed by atoms with Gasteiger partial charge in [0.1, 0.15) is 70.4 Å². The van der Waals surface area contributed by atoms with Crippen molar-refractivity contribution >= 4 is 159 Å². The van der Waals surface area contributed by atoms with E-state index in [1.807, 2.05) is 196 Å². The van der Waals surface area contributed by atoms with Crippen LogP contribution in [0.5, 0.6) is 0 Å². The average Bonchev–Trinajstić information content (AvgIpc) is 0.753. The molecular weight excluding hydrogens is 1920 g/mol. The summed E-state index contributed by atoms with van der Waals surface area (Å²) >= 11 is 3.67. The number of alkyl halides is 1. The molecule has 0 saturated carbocycles. The molecule has 0 aliphatic carbocycles. The molecule has 0 N–H and O–H groups in total. The number of rotatable bonds is 68. The lowest BCUT2D eigenvalue weighted by Crippen LogP contribution is -2.52. The van der Waals surface area contributed by atoms with Crippen molar-refractivity contribution in [2.45, 2.75) is 335 Å². The minimum Gasteiger partial charge on any atom is -0.463 e. The first kappa shape index (κ1) is 128.